The Morgan fingerprint density at radius 1 is 0.971 bits per heavy atom. The summed E-state index contributed by atoms with van der Waals surface area (Å²) in [6, 6.07) is 17.2. The van der Waals surface area contributed by atoms with Crippen LogP contribution in [-0.2, 0) is 11.3 Å². The molecule has 2 aromatic carbocycles. The molecule has 5 rings (SSSR count). The molecule has 2 fully saturated rings. The number of hydrogen-bond acceptors (Lipinski definition) is 7. The van der Waals surface area contributed by atoms with Crippen molar-refractivity contribution in [2.45, 2.75) is 13.5 Å². The largest absolute Gasteiger partial charge is 0.424 e. The van der Waals surface area contributed by atoms with Gasteiger partial charge in [-0.1, -0.05) is 42.5 Å². The van der Waals surface area contributed by atoms with Gasteiger partial charge in [-0.15, -0.1) is 0 Å². The number of amides is 1. The number of nitriles is 1. The first-order valence-electron chi connectivity index (χ1n) is 11.9. The van der Waals surface area contributed by atoms with Gasteiger partial charge in [0.1, 0.15) is 6.07 Å². The highest BCUT2D eigenvalue weighted by Crippen LogP contribution is 2.23. The van der Waals surface area contributed by atoms with E-state index in [1.807, 2.05) is 9.80 Å². The first-order valence-corrected chi connectivity index (χ1v) is 11.9. The molecule has 0 radical (unpaired) electrons. The predicted octanol–water partition coefficient (Wildman–Crippen LogP) is 2.47. The van der Waals surface area contributed by atoms with Gasteiger partial charge in [0.2, 0.25) is 17.5 Å². The third-order valence-electron chi connectivity index (χ3n) is 6.84. The minimum atomic E-state index is 0.177. The third kappa shape index (κ3) is 4.76. The fourth-order valence-corrected chi connectivity index (χ4v) is 4.93. The Morgan fingerprint density at radius 2 is 1.68 bits per heavy atom. The van der Waals surface area contributed by atoms with Gasteiger partial charge in [0, 0.05) is 65.8 Å². The van der Waals surface area contributed by atoms with Crippen molar-refractivity contribution < 1.29 is 9.21 Å². The van der Waals surface area contributed by atoms with Gasteiger partial charge in [-0.25, -0.2) is 4.98 Å². The summed E-state index contributed by atoms with van der Waals surface area (Å²) in [5, 5.41) is 11.9. The van der Waals surface area contributed by atoms with Gasteiger partial charge < -0.3 is 14.2 Å². The maximum Gasteiger partial charge on any atom is 0.236 e. The van der Waals surface area contributed by atoms with E-state index in [0.29, 0.717) is 50.2 Å². The maximum absolute atomic E-state index is 12.9. The van der Waals surface area contributed by atoms with Gasteiger partial charge in [-0.05, 0) is 16.3 Å². The number of nitrogens with zero attached hydrogens (tertiary/aromatic N) is 6. The Morgan fingerprint density at radius 3 is 2.44 bits per heavy atom. The Kier molecular flexibility index (Phi) is 6.48. The number of rotatable bonds is 5. The normalized spacial score (nSPS) is 17.8. The molecular weight excluding hydrogens is 428 g/mol. The van der Waals surface area contributed by atoms with E-state index < -0.39 is 0 Å². The first kappa shape index (κ1) is 22.4. The van der Waals surface area contributed by atoms with Crippen molar-refractivity contribution in [1.82, 2.24) is 19.7 Å². The molecule has 0 bridgehead atoms. The second kappa shape index (κ2) is 9.84. The summed E-state index contributed by atoms with van der Waals surface area (Å²) in [5.74, 6) is 1.19. The second-order valence-electron chi connectivity index (χ2n) is 9.06. The predicted molar refractivity (Wildman–Crippen MR) is 130 cm³/mol. The molecule has 1 aromatic heterocycles. The van der Waals surface area contributed by atoms with Crippen LogP contribution in [0, 0.1) is 18.3 Å². The molecule has 0 aliphatic carbocycles. The van der Waals surface area contributed by atoms with Gasteiger partial charge in [-0.2, -0.15) is 5.26 Å². The molecular formula is C26H30N6O2. The van der Waals surface area contributed by atoms with Crippen molar-refractivity contribution in [3.8, 4) is 6.07 Å². The lowest BCUT2D eigenvalue weighted by Gasteiger charge is -2.38. The van der Waals surface area contributed by atoms with E-state index in [-0.39, 0.29) is 5.91 Å². The third-order valence-corrected chi connectivity index (χ3v) is 6.84. The average Bonchev–Trinajstić information content (AvgIpc) is 3.26. The van der Waals surface area contributed by atoms with Crippen molar-refractivity contribution in [2.24, 2.45) is 0 Å². The van der Waals surface area contributed by atoms with Crippen molar-refractivity contribution >= 4 is 22.6 Å². The highest BCUT2D eigenvalue weighted by Gasteiger charge is 2.27. The topological polar surface area (TPSA) is 79.9 Å². The molecule has 8 heteroatoms. The number of carbonyl (C=O) groups excluding carboxylic acids is 1. The molecule has 2 aliphatic heterocycles. The number of aryl methyl sites for hydroxylation is 1. The second-order valence-corrected chi connectivity index (χ2v) is 9.06. The minimum absolute atomic E-state index is 0.177. The van der Waals surface area contributed by atoms with Crippen LogP contribution in [0.5, 0.6) is 0 Å². The maximum atomic E-state index is 12.9. The SMILES string of the molecule is Cc1nc(C#N)c(N2CCN(C(=O)CN3CCN(Cc4cccc5ccccc45)CC3)CC2)o1. The Balaban J connectivity index is 1.09. The quantitative estimate of drug-likeness (QED) is 0.581. The van der Waals surface area contributed by atoms with E-state index in [9.17, 15) is 10.1 Å². The van der Waals surface area contributed by atoms with Gasteiger partial charge in [0.25, 0.3) is 0 Å². The number of fused-ring (bicyclic) bond motifs is 1. The Labute approximate surface area is 200 Å². The molecule has 0 atom stereocenters. The van der Waals surface area contributed by atoms with Crippen molar-refractivity contribution in [3.05, 3.63) is 59.6 Å². The molecule has 176 valence electrons. The molecule has 1 amide bonds. The average molecular weight is 459 g/mol. The number of hydrogen-bond donors (Lipinski definition) is 0. The van der Waals surface area contributed by atoms with E-state index in [1.165, 1.54) is 16.3 Å². The number of benzene rings is 2. The number of oxazole rings is 1. The first-order chi connectivity index (χ1) is 16.6. The van der Waals surface area contributed by atoms with Crippen molar-refractivity contribution in [1.29, 1.82) is 5.26 Å². The molecule has 3 aromatic rings. The molecule has 0 unspecified atom stereocenters. The molecule has 3 heterocycles. The molecule has 2 saturated heterocycles. The zero-order valence-corrected chi connectivity index (χ0v) is 19.6. The van der Waals surface area contributed by atoms with Crippen molar-refractivity contribution in [3.63, 3.8) is 0 Å². The standard InChI is InChI=1S/C26H30N6O2/c1-20-28-24(17-27)26(34-20)32-15-13-31(14-16-32)25(33)19-30-11-9-29(10-12-30)18-22-7-4-6-21-5-2-3-8-23(21)22/h2-8H,9-16,18-19H2,1H3. The zero-order valence-electron chi connectivity index (χ0n) is 19.6. The van der Waals surface area contributed by atoms with Crippen LogP contribution >= 0.6 is 0 Å². The van der Waals surface area contributed by atoms with Crippen LogP contribution in [-0.4, -0.2) is 84.5 Å². The number of carbonyl (C=O) groups is 1. The lowest BCUT2D eigenvalue weighted by atomic mass is 10.0. The molecule has 2 aliphatic rings. The van der Waals surface area contributed by atoms with Crippen LogP contribution < -0.4 is 4.90 Å². The number of piperazine rings is 2. The van der Waals surface area contributed by atoms with Gasteiger partial charge in [0.15, 0.2) is 5.89 Å². The van der Waals surface area contributed by atoms with E-state index >= 15 is 0 Å². The summed E-state index contributed by atoms with van der Waals surface area (Å²) in [4.78, 5) is 25.7. The highest BCUT2D eigenvalue weighted by molar-refractivity contribution is 5.85. The molecule has 0 saturated carbocycles. The Hall–Kier alpha value is -3.41. The summed E-state index contributed by atoms with van der Waals surface area (Å²) in [6.45, 7) is 9.43. The summed E-state index contributed by atoms with van der Waals surface area (Å²) in [7, 11) is 0. The monoisotopic (exact) mass is 458 g/mol. The van der Waals surface area contributed by atoms with Gasteiger partial charge in [-0.3, -0.25) is 14.6 Å². The van der Waals surface area contributed by atoms with E-state index in [4.69, 9.17) is 4.42 Å². The molecule has 34 heavy (non-hydrogen) atoms. The molecule has 0 spiro atoms. The lowest BCUT2D eigenvalue weighted by molar-refractivity contribution is -0.133. The van der Waals surface area contributed by atoms with Crippen LogP contribution in [0.3, 0.4) is 0 Å². The Bertz CT molecular complexity index is 1190. The van der Waals surface area contributed by atoms with E-state index in [0.717, 1.165) is 32.7 Å². The summed E-state index contributed by atoms with van der Waals surface area (Å²) in [5.41, 5.74) is 1.68. The van der Waals surface area contributed by atoms with Crippen LogP contribution in [0.25, 0.3) is 10.8 Å². The smallest absolute Gasteiger partial charge is 0.236 e. The minimum Gasteiger partial charge on any atom is -0.424 e. The van der Waals surface area contributed by atoms with Crippen LogP contribution in [0.15, 0.2) is 46.9 Å². The van der Waals surface area contributed by atoms with E-state index in [2.05, 4.69) is 63.3 Å². The van der Waals surface area contributed by atoms with Crippen LogP contribution in [0.1, 0.15) is 17.1 Å². The van der Waals surface area contributed by atoms with Gasteiger partial charge >= 0.3 is 0 Å². The summed E-state index contributed by atoms with van der Waals surface area (Å²) < 4.78 is 5.61. The number of anilines is 1. The summed E-state index contributed by atoms with van der Waals surface area (Å²) >= 11 is 0. The zero-order chi connectivity index (χ0) is 23.5. The van der Waals surface area contributed by atoms with Gasteiger partial charge in [0.05, 0.1) is 6.54 Å². The molecule has 0 N–H and O–H groups in total. The fraction of sp³-hybridized carbons (Fsp3) is 0.423. The van der Waals surface area contributed by atoms with Crippen molar-refractivity contribution in [2.75, 3.05) is 63.8 Å². The summed E-state index contributed by atoms with van der Waals surface area (Å²) in [6.07, 6.45) is 0. The lowest BCUT2D eigenvalue weighted by Crippen LogP contribution is -2.53. The van der Waals surface area contributed by atoms with Crippen LogP contribution in [0.4, 0.5) is 5.88 Å². The molecule has 8 nitrogen and oxygen atoms in total. The van der Waals surface area contributed by atoms with Crippen LogP contribution in [0.2, 0.25) is 0 Å². The highest BCUT2D eigenvalue weighted by atomic mass is 16.4. The number of aromatic nitrogens is 1. The fourth-order valence-electron chi connectivity index (χ4n) is 4.93. The van der Waals surface area contributed by atoms with E-state index in [1.54, 1.807) is 6.92 Å².